The Morgan fingerprint density at radius 1 is 1.32 bits per heavy atom. The third kappa shape index (κ3) is 3.51. The zero-order chi connectivity index (χ0) is 15.5. The van der Waals surface area contributed by atoms with Crippen molar-refractivity contribution < 1.29 is 14.7 Å². The number of aliphatic carboxylic acids is 1. The van der Waals surface area contributed by atoms with E-state index in [0.717, 1.165) is 23.4 Å². The number of carbonyl (C=O) groups is 2. The summed E-state index contributed by atoms with van der Waals surface area (Å²) in [5.41, 5.74) is 1.21. The van der Waals surface area contributed by atoms with Crippen LogP contribution < -0.4 is 5.32 Å². The number of nitrogens with one attached hydrogen (secondary N) is 1. The van der Waals surface area contributed by atoms with Crippen molar-refractivity contribution in [3.63, 3.8) is 0 Å². The molecule has 0 saturated heterocycles. The number of carboxylic acids is 1. The first-order chi connectivity index (χ1) is 10.6. The average molecular weight is 316 g/mol. The maximum atomic E-state index is 12.2. The predicted octanol–water partition coefficient (Wildman–Crippen LogP) is 2.79. The van der Waals surface area contributed by atoms with Crippen LogP contribution in [0.2, 0.25) is 0 Å². The van der Waals surface area contributed by atoms with Crippen LogP contribution in [0.4, 0.5) is 0 Å². The first-order valence-electron chi connectivity index (χ1n) is 7.18. The van der Waals surface area contributed by atoms with Gasteiger partial charge >= 0.3 is 5.97 Å². The van der Waals surface area contributed by atoms with Crippen molar-refractivity contribution in [3.8, 4) is 10.6 Å². The molecule has 22 heavy (non-hydrogen) atoms. The van der Waals surface area contributed by atoms with Crippen molar-refractivity contribution in [1.82, 2.24) is 10.3 Å². The number of rotatable bonds is 6. The van der Waals surface area contributed by atoms with Gasteiger partial charge in [-0.1, -0.05) is 43.2 Å². The summed E-state index contributed by atoms with van der Waals surface area (Å²) in [6, 6.07) is 8.75. The number of amides is 1. The molecule has 1 unspecified atom stereocenters. The molecule has 5 nitrogen and oxygen atoms in total. The molecule has 6 heteroatoms. The standard InChI is InChI=1S/C16H16N2O3S/c19-14(17-12(16(20)21)8-10-6-7-10)13-9-22-15(18-13)11-4-2-1-3-5-11/h1-5,9-10,12H,6-8H2,(H,17,19)(H,20,21). The van der Waals surface area contributed by atoms with Crippen LogP contribution in [-0.2, 0) is 4.79 Å². The Hall–Kier alpha value is -2.21. The summed E-state index contributed by atoms with van der Waals surface area (Å²) in [5.74, 6) is -0.984. The van der Waals surface area contributed by atoms with E-state index in [0.29, 0.717) is 12.3 Å². The Morgan fingerprint density at radius 2 is 2.05 bits per heavy atom. The topological polar surface area (TPSA) is 79.3 Å². The molecule has 0 spiro atoms. The minimum atomic E-state index is -0.987. The highest BCUT2D eigenvalue weighted by Gasteiger charge is 2.30. The summed E-state index contributed by atoms with van der Waals surface area (Å²) in [5, 5.41) is 14.2. The third-order valence-corrected chi connectivity index (χ3v) is 4.52. The lowest BCUT2D eigenvalue weighted by Gasteiger charge is -2.12. The minimum Gasteiger partial charge on any atom is -0.480 e. The van der Waals surface area contributed by atoms with Gasteiger partial charge in [-0.2, -0.15) is 0 Å². The zero-order valence-corrected chi connectivity index (χ0v) is 12.7. The molecular weight excluding hydrogens is 300 g/mol. The number of aromatic nitrogens is 1. The van der Waals surface area contributed by atoms with Crippen LogP contribution in [0.15, 0.2) is 35.7 Å². The Balaban J connectivity index is 1.69. The molecule has 0 aliphatic heterocycles. The van der Waals surface area contributed by atoms with Crippen LogP contribution >= 0.6 is 11.3 Å². The number of hydrogen-bond acceptors (Lipinski definition) is 4. The molecular formula is C16H16N2O3S. The van der Waals surface area contributed by atoms with Gasteiger partial charge in [0.25, 0.3) is 5.91 Å². The fraction of sp³-hybridized carbons (Fsp3) is 0.312. The van der Waals surface area contributed by atoms with Gasteiger partial charge in [-0.3, -0.25) is 4.79 Å². The lowest BCUT2D eigenvalue weighted by Crippen LogP contribution is -2.41. The molecule has 2 aromatic rings. The van der Waals surface area contributed by atoms with Gasteiger partial charge in [0.1, 0.15) is 16.7 Å². The summed E-state index contributed by atoms with van der Waals surface area (Å²) in [6.07, 6.45) is 2.60. The number of hydrogen-bond donors (Lipinski definition) is 2. The van der Waals surface area contributed by atoms with Gasteiger partial charge in [0, 0.05) is 10.9 Å². The molecule has 1 fully saturated rings. The van der Waals surface area contributed by atoms with E-state index in [4.69, 9.17) is 0 Å². The molecule has 1 aromatic heterocycles. The lowest BCUT2D eigenvalue weighted by molar-refractivity contribution is -0.139. The van der Waals surface area contributed by atoms with E-state index in [9.17, 15) is 14.7 Å². The predicted molar refractivity (Wildman–Crippen MR) is 83.8 cm³/mol. The van der Waals surface area contributed by atoms with Crippen molar-refractivity contribution in [1.29, 1.82) is 0 Å². The Bertz CT molecular complexity index is 680. The van der Waals surface area contributed by atoms with E-state index in [2.05, 4.69) is 10.3 Å². The maximum absolute atomic E-state index is 12.2. The van der Waals surface area contributed by atoms with Gasteiger partial charge in [-0.25, -0.2) is 9.78 Å². The number of nitrogens with zero attached hydrogens (tertiary/aromatic N) is 1. The Labute approximate surface area is 132 Å². The molecule has 114 valence electrons. The first-order valence-corrected chi connectivity index (χ1v) is 8.06. The van der Waals surface area contributed by atoms with Gasteiger partial charge in [-0.15, -0.1) is 11.3 Å². The second-order valence-corrected chi connectivity index (χ2v) is 6.31. The molecule has 1 saturated carbocycles. The molecule has 1 aromatic carbocycles. The molecule has 1 aliphatic carbocycles. The van der Waals surface area contributed by atoms with Gasteiger partial charge < -0.3 is 10.4 Å². The molecule has 0 radical (unpaired) electrons. The van der Waals surface area contributed by atoms with Crippen molar-refractivity contribution in [2.45, 2.75) is 25.3 Å². The number of benzene rings is 1. The number of carboxylic acid groups (broad SMARTS) is 1. The van der Waals surface area contributed by atoms with Crippen molar-refractivity contribution in [3.05, 3.63) is 41.4 Å². The van der Waals surface area contributed by atoms with Crippen LogP contribution in [0, 0.1) is 5.92 Å². The quantitative estimate of drug-likeness (QED) is 0.859. The lowest BCUT2D eigenvalue weighted by atomic mass is 10.1. The highest BCUT2D eigenvalue weighted by Crippen LogP contribution is 2.33. The van der Waals surface area contributed by atoms with Crippen LogP contribution in [0.5, 0.6) is 0 Å². The number of carbonyl (C=O) groups excluding carboxylic acids is 1. The van der Waals surface area contributed by atoms with Gasteiger partial charge in [0.05, 0.1) is 0 Å². The maximum Gasteiger partial charge on any atom is 0.326 e. The van der Waals surface area contributed by atoms with E-state index in [1.54, 1.807) is 5.38 Å². The van der Waals surface area contributed by atoms with Crippen molar-refractivity contribution in [2.75, 3.05) is 0 Å². The summed E-state index contributed by atoms with van der Waals surface area (Å²) in [4.78, 5) is 27.7. The van der Waals surface area contributed by atoms with Crippen LogP contribution in [0.1, 0.15) is 29.8 Å². The Morgan fingerprint density at radius 3 is 2.68 bits per heavy atom. The van der Waals surface area contributed by atoms with E-state index in [1.165, 1.54) is 11.3 Å². The molecule has 0 bridgehead atoms. The molecule has 3 rings (SSSR count). The fourth-order valence-corrected chi connectivity index (χ4v) is 3.04. The second kappa shape index (κ2) is 6.27. The normalized spacial score (nSPS) is 15.3. The smallest absolute Gasteiger partial charge is 0.326 e. The largest absolute Gasteiger partial charge is 0.480 e. The van der Waals surface area contributed by atoms with Crippen LogP contribution in [0.3, 0.4) is 0 Å². The highest BCUT2D eigenvalue weighted by molar-refractivity contribution is 7.13. The van der Waals surface area contributed by atoms with E-state index >= 15 is 0 Å². The van der Waals surface area contributed by atoms with Gasteiger partial charge in [0.15, 0.2) is 0 Å². The minimum absolute atomic E-state index is 0.269. The summed E-state index contributed by atoms with van der Waals surface area (Å²) < 4.78 is 0. The molecule has 1 atom stereocenters. The summed E-state index contributed by atoms with van der Waals surface area (Å²) >= 11 is 1.37. The van der Waals surface area contributed by atoms with Crippen molar-refractivity contribution in [2.24, 2.45) is 5.92 Å². The van der Waals surface area contributed by atoms with Gasteiger partial charge in [-0.05, 0) is 12.3 Å². The van der Waals surface area contributed by atoms with E-state index in [-0.39, 0.29) is 5.69 Å². The molecule has 1 heterocycles. The highest BCUT2D eigenvalue weighted by atomic mass is 32.1. The third-order valence-electron chi connectivity index (χ3n) is 3.63. The Kier molecular flexibility index (Phi) is 4.20. The van der Waals surface area contributed by atoms with Crippen molar-refractivity contribution >= 4 is 23.2 Å². The van der Waals surface area contributed by atoms with Crippen LogP contribution in [-0.4, -0.2) is 28.0 Å². The molecule has 1 aliphatic rings. The van der Waals surface area contributed by atoms with E-state index in [1.807, 2.05) is 30.3 Å². The monoisotopic (exact) mass is 316 g/mol. The van der Waals surface area contributed by atoms with Gasteiger partial charge in [0.2, 0.25) is 0 Å². The fourth-order valence-electron chi connectivity index (χ4n) is 2.23. The van der Waals surface area contributed by atoms with Crippen LogP contribution in [0.25, 0.3) is 10.6 Å². The molecule has 2 N–H and O–H groups in total. The summed E-state index contributed by atoms with van der Waals surface area (Å²) in [7, 11) is 0. The SMILES string of the molecule is O=C(NC(CC1CC1)C(=O)O)c1csc(-c2ccccc2)n1. The van der Waals surface area contributed by atoms with E-state index < -0.39 is 17.9 Å². The molecule has 1 amide bonds. The average Bonchev–Trinajstić information content (AvgIpc) is 3.20. The second-order valence-electron chi connectivity index (χ2n) is 5.45. The zero-order valence-electron chi connectivity index (χ0n) is 11.9. The first kappa shape index (κ1) is 14.7. The number of thiazole rings is 1. The summed E-state index contributed by atoms with van der Waals surface area (Å²) in [6.45, 7) is 0.